The van der Waals surface area contributed by atoms with Crippen LogP contribution < -0.4 is 0 Å². The van der Waals surface area contributed by atoms with E-state index in [0.29, 0.717) is 12.1 Å². The van der Waals surface area contributed by atoms with Crippen molar-refractivity contribution in [2.45, 2.75) is 38.7 Å². The van der Waals surface area contributed by atoms with Gasteiger partial charge in [-0.05, 0) is 73.7 Å². The fourth-order valence-electron chi connectivity index (χ4n) is 5.51. The van der Waals surface area contributed by atoms with Crippen LogP contribution in [0.4, 0.5) is 4.39 Å². The van der Waals surface area contributed by atoms with Crippen LogP contribution >= 0.6 is 0 Å². The van der Waals surface area contributed by atoms with Crippen molar-refractivity contribution >= 4 is 6.08 Å². The molecule has 0 amide bonds. The molecule has 0 spiro atoms. The average molecular weight is 420 g/mol. The summed E-state index contributed by atoms with van der Waals surface area (Å²) in [5, 5.41) is 26.0. The van der Waals surface area contributed by atoms with Crippen LogP contribution in [0.2, 0.25) is 0 Å². The van der Waals surface area contributed by atoms with Crippen LogP contribution in [0.3, 0.4) is 0 Å². The molecular weight excluding hydrogens is 393 g/mol. The van der Waals surface area contributed by atoms with Gasteiger partial charge in [0.15, 0.2) is 0 Å². The molecule has 2 heterocycles. The smallest absolute Gasteiger partial charge is 0.123 e. The Balaban J connectivity index is 1.50. The first-order valence-corrected chi connectivity index (χ1v) is 10.7. The number of allylic oxidation sites excluding steroid dienone is 1. The van der Waals surface area contributed by atoms with E-state index in [0.717, 1.165) is 36.2 Å². The second-order valence-electron chi connectivity index (χ2n) is 9.03. The number of aliphatic hydroxyl groups is 2. The highest BCUT2D eigenvalue weighted by Crippen LogP contribution is 2.62. The monoisotopic (exact) mass is 419 g/mol. The standard InChI is InChI=1S/C25H26FN3O2/c1-24-13-17-15-28-29(20-7-5-19(26)6-8-20)22(17)12-18(24)9-10-25(24,16-30)14-23(31)21-4-2-3-11-27-21/h2-8,11-12,15,23,30-31H,9-10,13-14,16H2,1H3/t23?,24?,25-/m0/s1. The SMILES string of the molecule is CC12Cc3cnn(-c4ccc(F)cc4)c3C=C1CC[C@@]2(CO)CC(O)c1ccccn1. The van der Waals surface area contributed by atoms with Gasteiger partial charge in [-0.25, -0.2) is 9.07 Å². The molecule has 0 radical (unpaired) electrons. The topological polar surface area (TPSA) is 71.2 Å². The molecular formula is C25H26FN3O2. The molecule has 3 atom stereocenters. The molecule has 0 bridgehead atoms. The Labute approximate surface area is 180 Å². The van der Waals surface area contributed by atoms with Crippen molar-refractivity contribution in [2.75, 3.05) is 6.61 Å². The van der Waals surface area contributed by atoms with Crippen LogP contribution in [-0.4, -0.2) is 31.6 Å². The summed E-state index contributed by atoms with van der Waals surface area (Å²) in [6.45, 7) is 2.21. The molecule has 3 aromatic rings. The number of rotatable bonds is 5. The third-order valence-electron chi connectivity index (χ3n) is 7.48. The van der Waals surface area contributed by atoms with Crippen molar-refractivity contribution < 1.29 is 14.6 Å². The number of hydrogen-bond acceptors (Lipinski definition) is 4. The van der Waals surface area contributed by atoms with Crippen LogP contribution in [0.25, 0.3) is 11.8 Å². The lowest BCUT2D eigenvalue weighted by Crippen LogP contribution is -2.43. The number of halogens is 1. The average Bonchev–Trinajstić information content (AvgIpc) is 3.31. The first kappa shape index (κ1) is 20.1. The fraction of sp³-hybridized carbons (Fsp3) is 0.360. The van der Waals surface area contributed by atoms with Crippen LogP contribution in [0.5, 0.6) is 0 Å². The quantitative estimate of drug-likeness (QED) is 0.649. The summed E-state index contributed by atoms with van der Waals surface area (Å²) < 4.78 is 15.2. The van der Waals surface area contributed by atoms with Gasteiger partial charge in [0.05, 0.1) is 29.4 Å². The Hall–Kier alpha value is -2.83. The highest BCUT2D eigenvalue weighted by atomic mass is 19.1. The first-order chi connectivity index (χ1) is 15.0. The van der Waals surface area contributed by atoms with Gasteiger partial charge in [0.2, 0.25) is 0 Å². The van der Waals surface area contributed by atoms with Crippen LogP contribution in [0.15, 0.2) is 60.4 Å². The fourth-order valence-corrected chi connectivity index (χ4v) is 5.51. The number of aliphatic hydroxyl groups excluding tert-OH is 2. The van der Waals surface area contributed by atoms with Gasteiger partial charge >= 0.3 is 0 Å². The van der Waals surface area contributed by atoms with Gasteiger partial charge < -0.3 is 10.2 Å². The van der Waals surface area contributed by atoms with Gasteiger partial charge in [-0.1, -0.05) is 18.6 Å². The van der Waals surface area contributed by atoms with E-state index in [9.17, 15) is 14.6 Å². The van der Waals surface area contributed by atoms with Gasteiger partial charge in [-0.2, -0.15) is 5.10 Å². The van der Waals surface area contributed by atoms with Crippen molar-refractivity contribution in [3.05, 3.63) is 83.2 Å². The minimum atomic E-state index is -0.729. The van der Waals surface area contributed by atoms with Crippen LogP contribution in [-0.2, 0) is 6.42 Å². The Morgan fingerprint density at radius 3 is 2.71 bits per heavy atom. The molecule has 2 aliphatic rings. The predicted octanol–water partition coefficient (Wildman–Crippen LogP) is 4.25. The largest absolute Gasteiger partial charge is 0.396 e. The summed E-state index contributed by atoms with van der Waals surface area (Å²) in [7, 11) is 0. The molecule has 2 unspecified atom stereocenters. The Kier molecular flexibility index (Phi) is 4.79. The molecule has 31 heavy (non-hydrogen) atoms. The zero-order valence-corrected chi connectivity index (χ0v) is 17.5. The van der Waals surface area contributed by atoms with Crippen molar-refractivity contribution in [1.82, 2.24) is 14.8 Å². The first-order valence-electron chi connectivity index (χ1n) is 10.7. The summed E-state index contributed by atoms with van der Waals surface area (Å²) >= 11 is 0. The highest BCUT2D eigenvalue weighted by molar-refractivity contribution is 5.62. The molecule has 2 aromatic heterocycles. The maximum atomic E-state index is 13.4. The van der Waals surface area contributed by atoms with Gasteiger partial charge in [0, 0.05) is 23.6 Å². The van der Waals surface area contributed by atoms with E-state index in [1.54, 1.807) is 18.3 Å². The second kappa shape index (κ2) is 7.39. The van der Waals surface area contributed by atoms with Crippen LogP contribution in [0.1, 0.15) is 49.2 Å². The zero-order valence-electron chi connectivity index (χ0n) is 17.5. The normalized spacial score (nSPS) is 25.6. The summed E-state index contributed by atoms with van der Waals surface area (Å²) in [4.78, 5) is 4.31. The van der Waals surface area contributed by atoms with E-state index < -0.39 is 11.5 Å². The van der Waals surface area contributed by atoms with E-state index in [-0.39, 0.29) is 17.8 Å². The van der Waals surface area contributed by atoms with Crippen molar-refractivity contribution in [3.63, 3.8) is 0 Å². The maximum absolute atomic E-state index is 13.4. The van der Waals surface area contributed by atoms with E-state index in [1.807, 2.05) is 29.1 Å². The summed E-state index contributed by atoms with van der Waals surface area (Å²) in [5.41, 5.74) is 4.12. The van der Waals surface area contributed by atoms with Gasteiger partial charge in [-0.15, -0.1) is 0 Å². The molecule has 1 saturated carbocycles. The number of benzene rings is 1. The highest BCUT2D eigenvalue weighted by Gasteiger charge is 2.56. The third-order valence-corrected chi connectivity index (χ3v) is 7.48. The molecule has 2 N–H and O–H groups in total. The van der Waals surface area contributed by atoms with Crippen molar-refractivity contribution in [3.8, 4) is 5.69 Å². The van der Waals surface area contributed by atoms with E-state index in [4.69, 9.17) is 0 Å². The molecule has 5 rings (SSSR count). The van der Waals surface area contributed by atoms with Crippen molar-refractivity contribution in [2.24, 2.45) is 10.8 Å². The van der Waals surface area contributed by atoms with Gasteiger partial charge in [0.25, 0.3) is 0 Å². The predicted molar refractivity (Wildman–Crippen MR) is 116 cm³/mol. The van der Waals surface area contributed by atoms with Gasteiger partial charge in [0.1, 0.15) is 5.82 Å². The minimum Gasteiger partial charge on any atom is -0.396 e. The Bertz CT molecular complexity index is 1130. The third kappa shape index (κ3) is 3.13. The van der Waals surface area contributed by atoms with Gasteiger partial charge in [-0.3, -0.25) is 4.98 Å². The molecule has 5 nitrogen and oxygen atoms in total. The van der Waals surface area contributed by atoms with Crippen molar-refractivity contribution in [1.29, 1.82) is 0 Å². The molecule has 1 aromatic carbocycles. The maximum Gasteiger partial charge on any atom is 0.123 e. The minimum absolute atomic E-state index is 0.00612. The lowest BCUT2D eigenvalue weighted by atomic mass is 9.59. The van der Waals surface area contributed by atoms with E-state index in [2.05, 4.69) is 23.1 Å². The Morgan fingerprint density at radius 1 is 1.19 bits per heavy atom. The zero-order chi connectivity index (χ0) is 21.6. The number of pyridine rings is 1. The number of nitrogens with zero attached hydrogens (tertiary/aromatic N) is 3. The number of hydrogen-bond donors (Lipinski definition) is 2. The summed E-state index contributed by atoms with van der Waals surface area (Å²) in [5.74, 6) is -0.273. The molecule has 2 aliphatic carbocycles. The summed E-state index contributed by atoms with van der Waals surface area (Å²) in [6, 6.07) is 11.9. The number of fused-ring (bicyclic) bond motifs is 2. The molecule has 0 saturated heterocycles. The van der Waals surface area contributed by atoms with Crippen LogP contribution in [0, 0.1) is 16.6 Å². The molecule has 6 heteroatoms. The molecule has 160 valence electrons. The lowest BCUT2D eigenvalue weighted by Gasteiger charge is -2.46. The summed E-state index contributed by atoms with van der Waals surface area (Å²) in [6.07, 6.45) is 7.87. The van der Waals surface area contributed by atoms with E-state index in [1.165, 1.54) is 17.7 Å². The molecule has 0 aliphatic heterocycles. The second-order valence-corrected chi connectivity index (χ2v) is 9.03. The van der Waals surface area contributed by atoms with E-state index >= 15 is 0 Å². The Morgan fingerprint density at radius 2 is 2.00 bits per heavy atom. The molecule has 1 fully saturated rings. The number of aromatic nitrogens is 3. The lowest BCUT2D eigenvalue weighted by molar-refractivity contribution is -0.0149.